The second kappa shape index (κ2) is 8.88. The van der Waals surface area contributed by atoms with E-state index in [4.69, 9.17) is 23.2 Å². The van der Waals surface area contributed by atoms with Crippen LogP contribution in [0.4, 0.5) is 5.82 Å². The summed E-state index contributed by atoms with van der Waals surface area (Å²) in [6, 6.07) is 14.3. The molecule has 0 radical (unpaired) electrons. The van der Waals surface area contributed by atoms with Crippen LogP contribution in [0.15, 0.2) is 67.1 Å². The SMILES string of the molecule is C[C@@]1(CC(=O)O)C[C@H](c2cccc(Cl)c2)[C@@H](c2ccc(Cl)cc2)N(c2cnccn2)C1=O. The molecular formula is C24H21Cl2N3O3. The molecule has 2 aromatic carbocycles. The van der Waals surface area contributed by atoms with Crippen LogP contribution in [0.5, 0.6) is 0 Å². The van der Waals surface area contributed by atoms with Gasteiger partial charge in [-0.2, -0.15) is 0 Å². The smallest absolute Gasteiger partial charge is 0.304 e. The number of carboxylic acids is 1. The lowest BCUT2D eigenvalue weighted by Gasteiger charge is -2.48. The molecule has 3 aromatic rings. The zero-order valence-corrected chi connectivity index (χ0v) is 18.8. The average Bonchev–Trinajstić information content (AvgIpc) is 2.76. The van der Waals surface area contributed by atoms with Gasteiger partial charge in [-0.05, 0) is 41.8 Å². The highest BCUT2D eigenvalue weighted by molar-refractivity contribution is 6.30. The maximum absolute atomic E-state index is 13.8. The number of aromatic nitrogens is 2. The molecule has 1 N–H and O–H groups in total. The summed E-state index contributed by atoms with van der Waals surface area (Å²) in [6.45, 7) is 1.70. The largest absolute Gasteiger partial charge is 0.481 e. The van der Waals surface area contributed by atoms with Gasteiger partial charge >= 0.3 is 5.97 Å². The van der Waals surface area contributed by atoms with Crippen molar-refractivity contribution in [3.05, 3.63) is 88.3 Å². The summed E-state index contributed by atoms with van der Waals surface area (Å²) in [5, 5.41) is 10.7. The lowest BCUT2D eigenvalue weighted by Crippen LogP contribution is -2.53. The number of benzene rings is 2. The van der Waals surface area contributed by atoms with Gasteiger partial charge in [0.1, 0.15) is 0 Å². The fourth-order valence-electron chi connectivity index (χ4n) is 4.50. The van der Waals surface area contributed by atoms with Crippen LogP contribution < -0.4 is 4.90 Å². The predicted octanol–water partition coefficient (Wildman–Crippen LogP) is 5.53. The normalized spacial score (nSPS) is 23.2. The standard InChI is InChI=1S/C24H21Cl2N3O3/c1-24(13-21(30)31)12-19(16-3-2-4-18(26)11-16)22(15-5-7-17(25)8-6-15)29(23(24)32)20-14-27-9-10-28-20/h2-11,14,19,22H,12-13H2,1H3,(H,30,31)/t19-,22-,24+/m1/s1. The molecular weight excluding hydrogens is 449 g/mol. The fourth-order valence-corrected chi connectivity index (χ4v) is 4.83. The summed E-state index contributed by atoms with van der Waals surface area (Å²) in [7, 11) is 0. The van der Waals surface area contributed by atoms with Gasteiger partial charge < -0.3 is 5.11 Å². The Balaban J connectivity index is 1.94. The van der Waals surface area contributed by atoms with E-state index in [1.165, 1.54) is 18.6 Å². The van der Waals surface area contributed by atoms with Gasteiger partial charge in [0.05, 0.1) is 24.1 Å². The second-order valence-electron chi connectivity index (χ2n) is 8.23. The zero-order valence-electron chi connectivity index (χ0n) is 17.3. The molecule has 0 bridgehead atoms. The van der Waals surface area contributed by atoms with E-state index >= 15 is 0 Å². The Hall–Kier alpha value is -2.96. The van der Waals surface area contributed by atoms with E-state index in [-0.39, 0.29) is 18.2 Å². The van der Waals surface area contributed by atoms with Gasteiger partial charge in [0.2, 0.25) is 5.91 Å². The number of carbonyl (C=O) groups is 2. The van der Waals surface area contributed by atoms with Gasteiger partial charge in [-0.15, -0.1) is 0 Å². The van der Waals surface area contributed by atoms with Crippen molar-refractivity contribution in [3.63, 3.8) is 0 Å². The highest BCUT2D eigenvalue weighted by Gasteiger charge is 2.51. The molecule has 0 unspecified atom stereocenters. The summed E-state index contributed by atoms with van der Waals surface area (Å²) < 4.78 is 0. The van der Waals surface area contributed by atoms with Crippen LogP contribution in [0.25, 0.3) is 0 Å². The van der Waals surface area contributed by atoms with Crippen molar-refractivity contribution in [2.45, 2.75) is 31.7 Å². The molecule has 32 heavy (non-hydrogen) atoms. The van der Waals surface area contributed by atoms with Gasteiger partial charge in [-0.25, -0.2) is 4.98 Å². The minimum atomic E-state index is -1.14. The van der Waals surface area contributed by atoms with Crippen LogP contribution in [0.3, 0.4) is 0 Å². The van der Waals surface area contributed by atoms with Gasteiger partial charge in [-0.3, -0.25) is 19.5 Å². The number of amides is 1. The van der Waals surface area contributed by atoms with Crippen molar-refractivity contribution in [2.75, 3.05) is 4.90 Å². The molecule has 0 aliphatic carbocycles. The van der Waals surface area contributed by atoms with E-state index in [2.05, 4.69) is 9.97 Å². The van der Waals surface area contributed by atoms with Gasteiger partial charge in [0.25, 0.3) is 0 Å². The van der Waals surface area contributed by atoms with Gasteiger partial charge in [0, 0.05) is 28.4 Å². The first-order valence-electron chi connectivity index (χ1n) is 10.1. The molecule has 3 atom stereocenters. The Labute approximate surface area is 195 Å². The number of carbonyl (C=O) groups excluding carboxylic acids is 1. The molecule has 0 saturated carbocycles. The Morgan fingerprint density at radius 2 is 1.88 bits per heavy atom. The maximum atomic E-state index is 13.8. The van der Waals surface area contributed by atoms with Crippen molar-refractivity contribution in [3.8, 4) is 0 Å². The highest BCUT2D eigenvalue weighted by atomic mass is 35.5. The monoisotopic (exact) mass is 469 g/mol. The minimum Gasteiger partial charge on any atom is -0.481 e. The topological polar surface area (TPSA) is 83.4 Å². The van der Waals surface area contributed by atoms with E-state index in [1.807, 2.05) is 30.3 Å². The van der Waals surface area contributed by atoms with E-state index in [9.17, 15) is 14.7 Å². The second-order valence-corrected chi connectivity index (χ2v) is 9.10. The first kappa shape index (κ1) is 22.2. The molecule has 1 saturated heterocycles. The molecule has 4 rings (SSSR count). The van der Waals surface area contributed by atoms with Crippen LogP contribution in [-0.2, 0) is 9.59 Å². The molecule has 6 nitrogen and oxygen atoms in total. The molecule has 0 spiro atoms. The summed E-state index contributed by atoms with van der Waals surface area (Å²) in [5.41, 5.74) is 0.630. The predicted molar refractivity (Wildman–Crippen MR) is 123 cm³/mol. The molecule has 1 amide bonds. The van der Waals surface area contributed by atoms with E-state index in [0.29, 0.717) is 22.3 Å². The van der Waals surface area contributed by atoms with Crippen molar-refractivity contribution in [2.24, 2.45) is 5.41 Å². The third-order valence-electron chi connectivity index (χ3n) is 5.89. The lowest BCUT2D eigenvalue weighted by atomic mass is 9.67. The Morgan fingerprint density at radius 3 is 2.50 bits per heavy atom. The lowest BCUT2D eigenvalue weighted by molar-refractivity contribution is -0.145. The molecule has 2 heterocycles. The average molecular weight is 470 g/mol. The third-order valence-corrected chi connectivity index (χ3v) is 6.38. The van der Waals surface area contributed by atoms with Crippen LogP contribution in [0.1, 0.15) is 42.9 Å². The van der Waals surface area contributed by atoms with E-state index < -0.39 is 17.4 Å². The molecule has 1 aromatic heterocycles. The third kappa shape index (κ3) is 4.33. The van der Waals surface area contributed by atoms with Gasteiger partial charge in [-0.1, -0.05) is 54.4 Å². The Kier molecular flexibility index (Phi) is 6.17. The number of nitrogens with zero attached hydrogens (tertiary/aromatic N) is 3. The summed E-state index contributed by atoms with van der Waals surface area (Å²) >= 11 is 12.4. The quantitative estimate of drug-likeness (QED) is 0.531. The molecule has 164 valence electrons. The van der Waals surface area contributed by atoms with Crippen molar-refractivity contribution < 1.29 is 14.7 Å². The number of aliphatic carboxylic acids is 1. The summed E-state index contributed by atoms with van der Waals surface area (Å²) in [6.07, 6.45) is 4.59. The van der Waals surface area contributed by atoms with E-state index in [0.717, 1.165) is 11.1 Å². The van der Waals surface area contributed by atoms with Crippen LogP contribution in [0, 0.1) is 5.41 Å². The van der Waals surface area contributed by atoms with Gasteiger partial charge in [0.15, 0.2) is 5.82 Å². The molecule has 1 aliphatic rings. The van der Waals surface area contributed by atoms with Crippen molar-refractivity contribution >= 4 is 40.9 Å². The number of anilines is 1. The minimum absolute atomic E-state index is 0.237. The molecule has 1 fully saturated rings. The van der Waals surface area contributed by atoms with Crippen molar-refractivity contribution in [1.82, 2.24) is 9.97 Å². The number of carboxylic acid groups (broad SMARTS) is 1. The summed E-state index contributed by atoms with van der Waals surface area (Å²) in [4.78, 5) is 35.6. The molecule has 8 heteroatoms. The zero-order chi connectivity index (χ0) is 22.9. The first-order chi connectivity index (χ1) is 15.3. The summed E-state index contributed by atoms with van der Waals surface area (Å²) in [5.74, 6) is -1.21. The first-order valence-corrected chi connectivity index (χ1v) is 10.9. The number of piperidine rings is 1. The Morgan fingerprint density at radius 1 is 1.12 bits per heavy atom. The molecule has 1 aliphatic heterocycles. The Bertz CT molecular complexity index is 1140. The van der Waals surface area contributed by atoms with Crippen LogP contribution >= 0.6 is 23.2 Å². The number of halogens is 2. The highest BCUT2D eigenvalue weighted by Crippen LogP contribution is 2.52. The number of rotatable bonds is 5. The van der Waals surface area contributed by atoms with Crippen LogP contribution in [0.2, 0.25) is 10.0 Å². The fraction of sp³-hybridized carbons (Fsp3) is 0.250. The number of hydrogen-bond donors (Lipinski definition) is 1. The number of hydrogen-bond acceptors (Lipinski definition) is 4. The van der Waals surface area contributed by atoms with Crippen LogP contribution in [-0.4, -0.2) is 27.0 Å². The maximum Gasteiger partial charge on any atom is 0.304 e. The van der Waals surface area contributed by atoms with E-state index in [1.54, 1.807) is 30.0 Å². The van der Waals surface area contributed by atoms with Crippen molar-refractivity contribution in [1.29, 1.82) is 0 Å².